The molecule has 0 heterocycles. The van der Waals surface area contributed by atoms with E-state index < -0.39 is 6.04 Å². The van der Waals surface area contributed by atoms with E-state index >= 15 is 0 Å². The molecule has 8 heavy (non-hydrogen) atoms. The molecule has 0 aliphatic carbocycles. The molecule has 2 N–H and O–H groups in total. The van der Waals surface area contributed by atoms with Crippen LogP contribution in [-0.4, -0.2) is 17.5 Å². The van der Waals surface area contributed by atoms with Gasteiger partial charge in [-0.15, -0.1) is 0 Å². The lowest BCUT2D eigenvalue weighted by Crippen LogP contribution is -2.32. The highest BCUT2D eigenvalue weighted by Crippen LogP contribution is 1.95. The maximum Gasteiger partial charge on any atom is 0.139 e. The zero-order valence-corrected chi connectivity index (χ0v) is 5.09. The van der Waals surface area contributed by atoms with Crippen LogP contribution >= 0.6 is 0 Å². The van der Waals surface area contributed by atoms with Gasteiger partial charge in [-0.2, -0.15) is 5.48 Å². The van der Waals surface area contributed by atoms with Crippen molar-refractivity contribution in [3.8, 4) is 0 Å². The Morgan fingerprint density at radius 3 is 2.12 bits per heavy atom. The van der Waals surface area contributed by atoms with Crippen LogP contribution in [0.25, 0.3) is 0 Å². The molecule has 0 radical (unpaired) electrons. The normalized spacial score (nSPS) is 14.0. The number of hydroxylamine groups is 1. The molecule has 0 saturated carbocycles. The molecule has 0 unspecified atom stereocenters. The molecule has 1 atom stereocenters. The highest BCUT2D eigenvalue weighted by Gasteiger charge is 2.08. The Morgan fingerprint density at radius 1 is 1.62 bits per heavy atom. The molecule has 0 aromatic rings. The fraction of sp³-hybridized carbons (Fsp3) is 0.800. The zero-order valence-electron chi connectivity index (χ0n) is 5.09. The first kappa shape index (κ1) is 7.59. The number of rotatable bonds is 3. The third kappa shape index (κ3) is 2.04. The Bertz CT molecular complexity index is 72.8. The van der Waals surface area contributed by atoms with Crippen LogP contribution in [0, 0.1) is 5.92 Å². The van der Waals surface area contributed by atoms with Crippen LogP contribution in [0.2, 0.25) is 0 Å². The number of carbonyl (C=O) groups is 1. The molecule has 0 bridgehead atoms. The highest BCUT2D eigenvalue weighted by atomic mass is 16.5. The first-order valence-electron chi connectivity index (χ1n) is 2.57. The number of hydrogen-bond acceptors (Lipinski definition) is 3. The van der Waals surface area contributed by atoms with Crippen LogP contribution in [0.5, 0.6) is 0 Å². The number of hydrogen-bond donors (Lipinski definition) is 2. The maximum atomic E-state index is 9.96. The molecular weight excluding hydrogens is 106 g/mol. The van der Waals surface area contributed by atoms with Gasteiger partial charge in [-0.3, -0.25) is 0 Å². The Morgan fingerprint density at radius 2 is 2.12 bits per heavy atom. The Kier molecular flexibility index (Phi) is 3.39. The largest absolute Gasteiger partial charge is 0.316 e. The van der Waals surface area contributed by atoms with E-state index in [4.69, 9.17) is 5.21 Å². The van der Waals surface area contributed by atoms with Crippen molar-refractivity contribution < 1.29 is 10.0 Å². The van der Waals surface area contributed by atoms with Gasteiger partial charge >= 0.3 is 0 Å². The number of aldehydes is 1. The van der Waals surface area contributed by atoms with E-state index in [0.29, 0.717) is 6.29 Å². The summed E-state index contributed by atoms with van der Waals surface area (Å²) in [6.45, 7) is 3.70. The van der Waals surface area contributed by atoms with Crippen molar-refractivity contribution in [1.29, 1.82) is 0 Å². The van der Waals surface area contributed by atoms with Gasteiger partial charge in [-0.05, 0) is 5.92 Å². The van der Waals surface area contributed by atoms with E-state index in [-0.39, 0.29) is 5.92 Å². The van der Waals surface area contributed by atoms with Gasteiger partial charge in [0.05, 0.1) is 6.04 Å². The zero-order chi connectivity index (χ0) is 6.57. The molecule has 0 aliphatic heterocycles. The fourth-order valence-electron chi connectivity index (χ4n) is 0.337. The first-order valence-corrected chi connectivity index (χ1v) is 2.57. The Balaban J connectivity index is 3.51. The predicted octanol–water partition coefficient (Wildman–Crippen LogP) is 0.189. The molecular formula is C5H11NO2. The molecule has 0 spiro atoms. The lowest BCUT2D eigenvalue weighted by Gasteiger charge is -2.09. The molecule has 0 aliphatic rings. The van der Waals surface area contributed by atoms with Gasteiger partial charge in [0.15, 0.2) is 0 Å². The van der Waals surface area contributed by atoms with Gasteiger partial charge in [-0.25, -0.2) is 0 Å². The number of carbonyl (C=O) groups excluding carboxylic acids is 1. The van der Waals surface area contributed by atoms with Gasteiger partial charge in [0.25, 0.3) is 0 Å². The van der Waals surface area contributed by atoms with E-state index in [9.17, 15) is 4.79 Å². The van der Waals surface area contributed by atoms with Crippen molar-refractivity contribution in [2.75, 3.05) is 0 Å². The summed E-state index contributed by atoms with van der Waals surface area (Å²) < 4.78 is 0. The molecule has 0 fully saturated rings. The van der Waals surface area contributed by atoms with E-state index in [1.54, 1.807) is 0 Å². The summed E-state index contributed by atoms with van der Waals surface area (Å²) in [4.78, 5) is 9.96. The van der Waals surface area contributed by atoms with Crippen molar-refractivity contribution in [2.45, 2.75) is 19.9 Å². The van der Waals surface area contributed by atoms with Crippen molar-refractivity contribution in [3.05, 3.63) is 0 Å². The monoisotopic (exact) mass is 117 g/mol. The Hall–Kier alpha value is -0.410. The van der Waals surface area contributed by atoms with Gasteiger partial charge < -0.3 is 10.0 Å². The van der Waals surface area contributed by atoms with Gasteiger partial charge in [-0.1, -0.05) is 13.8 Å². The van der Waals surface area contributed by atoms with Crippen LogP contribution in [0.3, 0.4) is 0 Å². The summed E-state index contributed by atoms with van der Waals surface area (Å²) in [7, 11) is 0. The van der Waals surface area contributed by atoms with Crippen LogP contribution in [-0.2, 0) is 4.79 Å². The minimum Gasteiger partial charge on any atom is -0.316 e. The SMILES string of the molecule is CC(C)[C@@H](C=O)NO. The van der Waals surface area contributed by atoms with E-state index in [1.165, 1.54) is 0 Å². The summed E-state index contributed by atoms with van der Waals surface area (Å²) in [5.41, 5.74) is 1.88. The third-order valence-corrected chi connectivity index (χ3v) is 1.01. The highest BCUT2D eigenvalue weighted by molar-refractivity contribution is 5.57. The summed E-state index contributed by atoms with van der Waals surface area (Å²) in [6.07, 6.45) is 0.685. The van der Waals surface area contributed by atoms with Crippen molar-refractivity contribution in [1.82, 2.24) is 5.48 Å². The first-order chi connectivity index (χ1) is 3.72. The predicted molar refractivity (Wildman–Crippen MR) is 29.6 cm³/mol. The summed E-state index contributed by atoms with van der Waals surface area (Å²) in [5, 5.41) is 8.22. The summed E-state index contributed by atoms with van der Waals surface area (Å²) in [5.74, 6) is 0.150. The quantitative estimate of drug-likeness (QED) is 0.410. The molecule has 3 heteroatoms. The standard InChI is InChI=1S/C5H11NO2/c1-4(2)5(3-7)6-8/h3-6,8H,1-2H3/t5-/m1/s1. The fourth-order valence-corrected chi connectivity index (χ4v) is 0.337. The molecule has 0 rings (SSSR count). The third-order valence-electron chi connectivity index (χ3n) is 1.01. The lowest BCUT2D eigenvalue weighted by atomic mass is 10.1. The second-order valence-electron chi connectivity index (χ2n) is 2.03. The summed E-state index contributed by atoms with van der Waals surface area (Å²) >= 11 is 0. The average molecular weight is 117 g/mol. The van der Waals surface area contributed by atoms with Crippen LogP contribution in [0.15, 0.2) is 0 Å². The van der Waals surface area contributed by atoms with Crippen LogP contribution in [0.1, 0.15) is 13.8 Å². The minimum absolute atomic E-state index is 0.150. The maximum absolute atomic E-state index is 9.96. The van der Waals surface area contributed by atoms with E-state index in [0.717, 1.165) is 0 Å². The van der Waals surface area contributed by atoms with Crippen LogP contribution in [0.4, 0.5) is 0 Å². The van der Waals surface area contributed by atoms with Gasteiger partial charge in [0, 0.05) is 0 Å². The van der Waals surface area contributed by atoms with Gasteiger partial charge in [0.1, 0.15) is 6.29 Å². The van der Waals surface area contributed by atoms with Crippen molar-refractivity contribution in [3.63, 3.8) is 0 Å². The number of nitrogens with one attached hydrogen (secondary N) is 1. The molecule has 0 aromatic carbocycles. The lowest BCUT2D eigenvalue weighted by molar-refractivity contribution is -0.113. The topological polar surface area (TPSA) is 49.3 Å². The molecule has 3 nitrogen and oxygen atoms in total. The molecule has 0 aromatic heterocycles. The van der Waals surface area contributed by atoms with Gasteiger partial charge in [0.2, 0.25) is 0 Å². The van der Waals surface area contributed by atoms with E-state index in [2.05, 4.69) is 0 Å². The average Bonchev–Trinajstić information content (AvgIpc) is 1.69. The molecule has 48 valence electrons. The molecule has 0 amide bonds. The van der Waals surface area contributed by atoms with Crippen molar-refractivity contribution >= 4 is 6.29 Å². The summed E-state index contributed by atoms with van der Waals surface area (Å²) in [6, 6.07) is -0.421. The second-order valence-corrected chi connectivity index (χ2v) is 2.03. The Labute approximate surface area is 48.7 Å². The second kappa shape index (κ2) is 3.57. The van der Waals surface area contributed by atoms with Crippen molar-refractivity contribution in [2.24, 2.45) is 5.92 Å². The smallest absolute Gasteiger partial charge is 0.139 e. The minimum atomic E-state index is -0.421. The van der Waals surface area contributed by atoms with E-state index in [1.807, 2.05) is 19.3 Å². The van der Waals surface area contributed by atoms with Crippen LogP contribution < -0.4 is 5.48 Å². The molecule has 0 saturated heterocycles.